The lowest BCUT2D eigenvalue weighted by Gasteiger charge is -2.31. The number of esters is 1. The van der Waals surface area contributed by atoms with Crippen molar-refractivity contribution >= 4 is 16.7 Å². The monoisotopic (exact) mass is 464 g/mol. The highest BCUT2D eigenvalue weighted by Crippen LogP contribution is 2.38. The summed E-state index contributed by atoms with van der Waals surface area (Å²) < 4.78 is 11.6. The molecule has 0 saturated carbocycles. The molecule has 3 nitrogen and oxygen atoms in total. The van der Waals surface area contributed by atoms with E-state index in [0.717, 1.165) is 33.2 Å². The molecule has 178 valence electrons. The molecule has 0 aliphatic carbocycles. The summed E-state index contributed by atoms with van der Waals surface area (Å²) in [5, 5.41) is 2.13. The Bertz CT molecular complexity index is 1280. The molecule has 0 fully saturated rings. The summed E-state index contributed by atoms with van der Waals surface area (Å²) >= 11 is 0. The molecule has 0 radical (unpaired) electrons. The lowest BCUT2D eigenvalue weighted by Crippen LogP contribution is -2.24. The van der Waals surface area contributed by atoms with Crippen LogP contribution in [0, 0.1) is 5.92 Å². The second kappa shape index (κ2) is 11.1. The summed E-state index contributed by atoms with van der Waals surface area (Å²) in [4.78, 5) is 13.4. The van der Waals surface area contributed by atoms with Crippen LogP contribution in [-0.2, 0) is 9.53 Å². The zero-order chi connectivity index (χ0) is 24.8. The van der Waals surface area contributed by atoms with Gasteiger partial charge in [-0.1, -0.05) is 97.9 Å². The minimum Gasteiger partial charge on any atom is -0.497 e. The van der Waals surface area contributed by atoms with Gasteiger partial charge in [0.2, 0.25) is 0 Å². The summed E-state index contributed by atoms with van der Waals surface area (Å²) in [6, 6.07) is 32.2. The molecule has 0 unspecified atom stereocenters. The van der Waals surface area contributed by atoms with E-state index in [-0.39, 0.29) is 17.8 Å². The molecule has 4 aromatic carbocycles. The number of benzene rings is 4. The number of hydrogen-bond acceptors (Lipinski definition) is 3. The first-order valence-corrected chi connectivity index (χ1v) is 12.0. The van der Waals surface area contributed by atoms with Gasteiger partial charge in [-0.2, -0.15) is 0 Å². The molecule has 0 bridgehead atoms. The zero-order valence-electron chi connectivity index (χ0n) is 20.6. The molecule has 3 heteroatoms. The first kappa shape index (κ1) is 24.3. The Labute approximate surface area is 208 Å². The number of fused-ring (bicyclic) bond motifs is 1. The average Bonchev–Trinajstić information content (AvgIpc) is 2.92. The first-order chi connectivity index (χ1) is 17.0. The van der Waals surface area contributed by atoms with Crippen LogP contribution in [-0.4, -0.2) is 13.1 Å². The quantitative estimate of drug-likeness (QED) is 0.187. The predicted octanol–water partition coefficient (Wildman–Crippen LogP) is 7.84. The Balaban J connectivity index is 1.61. The van der Waals surface area contributed by atoms with Crippen LogP contribution in [0.1, 0.15) is 48.5 Å². The fourth-order valence-electron chi connectivity index (χ4n) is 4.64. The second-order valence-electron chi connectivity index (χ2n) is 8.99. The van der Waals surface area contributed by atoms with Crippen LogP contribution < -0.4 is 4.74 Å². The molecule has 4 atom stereocenters. The van der Waals surface area contributed by atoms with Crippen LogP contribution in [0.25, 0.3) is 10.8 Å². The Morgan fingerprint density at radius 2 is 1.37 bits per heavy atom. The third kappa shape index (κ3) is 5.46. The van der Waals surface area contributed by atoms with Gasteiger partial charge >= 0.3 is 5.97 Å². The van der Waals surface area contributed by atoms with Crippen LogP contribution in [0.15, 0.2) is 110 Å². The minimum absolute atomic E-state index is 0.00230. The lowest BCUT2D eigenvalue weighted by molar-refractivity contribution is -0.153. The van der Waals surface area contributed by atoms with Crippen molar-refractivity contribution in [3.05, 3.63) is 126 Å². The van der Waals surface area contributed by atoms with Gasteiger partial charge in [-0.25, -0.2) is 0 Å². The summed E-state index contributed by atoms with van der Waals surface area (Å²) in [5.41, 5.74) is 3.06. The van der Waals surface area contributed by atoms with E-state index in [2.05, 4.69) is 31.7 Å². The van der Waals surface area contributed by atoms with Gasteiger partial charge in [0.05, 0.1) is 13.0 Å². The van der Waals surface area contributed by atoms with Crippen molar-refractivity contribution < 1.29 is 14.3 Å². The largest absolute Gasteiger partial charge is 0.497 e. The smallest absolute Gasteiger partial charge is 0.313 e. The Morgan fingerprint density at radius 1 is 0.771 bits per heavy atom. The molecular formula is C32H32O3. The maximum absolute atomic E-state index is 13.4. The van der Waals surface area contributed by atoms with Crippen molar-refractivity contribution in [2.24, 2.45) is 5.92 Å². The zero-order valence-corrected chi connectivity index (χ0v) is 20.6. The molecule has 0 spiro atoms. The number of hydrogen-bond donors (Lipinski definition) is 0. The van der Waals surface area contributed by atoms with Crippen LogP contribution in [0.4, 0.5) is 0 Å². The Morgan fingerprint density at radius 3 is 2.00 bits per heavy atom. The summed E-state index contributed by atoms with van der Waals surface area (Å²) in [5.74, 6) is 0.207. The van der Waals surface area contributed by atoms with E-state index in [9.17, 15) is 4.79 Å². The average molecular weight is 465 g/mol. The molecule has 35 heavy (non-hydrogen) atoms. The van der Waals surface area contributed by atoms with E-state index in [0.29, 0.717) is 0 Å². The molecule has 0 saturated heterocycles. The molecule has 0 aromatic heterocycles. The van der Waals surface area contributed by atoms with Crippen molar-refractivity contribution in [2.75, 3.05) is 7.11 Å². The maximum atomic E-state index is 13.4. The van der Waals surface area contributed by atoms with E-state index < -0.39 is 12.0 Å². The van der Waals surface area contributed by atoms with E-state index >= 15 is 0 Å². The number of rotatable bonds is 9. The normalized spacial score (nSPS) is 14.5. The molecular weight excluding hydrogens is 432 g/mol. The molecule has 0 amide bonds. The van der Waals surface area contributed by atoms with Crippen LogP contribution >= 0.6 is 0 Å². The number of allylic oxidation sites excluding steroid dienone is 1. The van der Waals surface area contributed by atoms with Crippen molar-refractivity contribution in [1.82, 2.24) is 0 Å². The number of carbonyl (C=O) groups excluding carboxylic acids is 1. The number of carbonyl (C=O) groups is 1. The van der Waals surface area contributed by atoms with E-state index in [1.165, 1.54) is 0 Å². The molecule has 0 aliphatic heterocycles. The highest BCUT2D eigenvalue weighted by atomic mass is 16.5. The SMILES string of the molecule is C=C[C@H](c1ccccc1)[C@H](C)[C@H](OC(=O)[C@@H](C)c1ccc2cc(OC)ccc2c1)c1ccccc1. The predicted molar refractivity (Wildman–Crippen MR) is 143 cm³/mol. The van der Waals surface area contributed by atoms with Crippen molar-refractivity contribution in [2.45, 2.75) is 31.8 Å². The van der Waals surface area contributed by atoms with E-state index in [1.807, 2.05) is 91.9 Å². The maximum Gasteiger partial charge on any atom is 0.313 e. The van der Waals surface area contributed by atoms with Crippen LogP contribution in [0.3, 0.4) is 0 Å². The molecule has 0 N–H and O–H groups in total. The number of methoxy groups -OCH3 is 1. The summed E-state index contributed by atoms with van der Waals surface area (Å²) in [6.45, 7) is 8.12. The van der Waals surface area contributed by atoms with Crippen molar-refractivity contribution in [1.29, 1.82) is 0 Å². The highest BCUT2D eigenvalue weighted by molar-refractivity contribution is 5.86. The first-order valence-electron chi connectivity index (χ1n) is 12.0. The van der Waals surface area contributed by atoms with Gasteiger partial charge in [-0.15, -0.1) is 6.58 Å². The fourth-order valence-corrected chi connectivity index (χ4v) is 4.64. The fraction of sp³-hybridized carbons (Fsp3) is 0.219. The third-order valence-corrected chi connectivity index (χ3v) is 6.78. The summed E-state index contributed by atoms with van der Waals surface area (Å²) in [6.07, 6.45) is 1.55. The van der Waals surface area contributed by atoms with Gasteiger partial charge in [0.25, 0.3) is 0 Å². The standard InChI is InChI=1S/C32H32O3/c1-5-30(24-12-8-6-9-13-24)23(3)31(25-14-10-7-11-15-25)35-32(33)22(2)26-16-17-28-21-29(34-4)19-18-27(28)20-26/h5-23,30-31H,1H2,2-4H3/t22-,23-,30-,31-/m0/s1. The van der Waals surface area contributed by atoms with Gasteiger partial charge in [0.1, 0.15) is 11.9 Å². The van der Waals surface area contributed by atoms with Crippen LogP contribution in [0.5, 0.6) is 5.75 Å². The van der Waals surface area contributed by atoms with Crippen molar-refractivity contribution in [3.63, 3.8) is 0 Å². The second-order valence-corrected chi connectivity index (χ2v) is 8.99. The van der Waals surface area contributed by atoms with Gasteiger partial charge in [0.15, 0.2) is 0 Å². The van der Waals surface area contributed by atoms with Gasteiger partial charge < -0.3 is 9.47 Å². The number of ether oxygens (including phenoxy) is 2. The summed E-state index contributed by atoms with van der Waals surface area (Å²) in [7, 11) is 1.66. The Kier molecular flexibility index (Phi) is 7.67. The molecule has 0 heterocycles. The van der Waals surface area contributed by atoms with Gasteiger partial charge in [-0.3, -0.25) is 4.79 Å². The molecule has 0 aliphatic rings. The van der Waals surface area contributed by atoms with Gasteiger partial charge in [-0.05, 0) is 46.5 Å². The highest BCUT2D eigenvalue weighted by Gasteiger charge is 2.31. The van der Waals surface area contributed by atoms with Crippen molar-refractivity contribution in [3.8, 4) is 5.75 Å². The van der Waals surface area contributed by atoms with Crippen LogP contribution in [0.2, 0.25) is 0 Å². The third-order valence-electron chi connectivity index (χ3n) is 6.78. The Hall–Kier alpha value is -3.85. The van der Waals surface area contributed by atoms with Gasteiger partial charge in [0, 0.05) is 11.8 Å². The minimum atomic E-state index is -0.404. The lowest BCUT2D eigenvalue weighted by atomic mass is 9.81. The van der Waals surface area contributed by atoms with E-state index in [1.54, 1.807) is 7.11 Å². The topological polar surface area (TPSA) is 35.5 Å². The van der Waals surface area contributed by atoms with E-state index in [4.69, 9.17) is 9.47 Å². The molecule has 4 rings (SSSR count). The molecule has 4 aromatic rings.